The predicted octanol–water partition coefficient (Wildman–Crippen LogP) is 3.18. The molecule has 1 N–H and O–H groups in total. The molecule has 0 radical (unpaired) electrons. The monoisotopic (exact) mass is 288 g/mol. The van der Waals surface area contributed by atoms with Gasteiger partial charge in [0.2, 0.25) is 5.91 Å². The standard InChI is InChI=1S/C13H17ClN2O.ClH/c1-10(16-8-4-5-9-16)13(17)15-12-7-3-2-6-11(12)14;/h2-3,6-7,10H,4-5,8-9H2,1H3,(H,15,17);1H. The minimum Gasteiger partial charge on any atom is -0.323 e. The average Bonchev–Trinajstić information content (AvgIpc) is 2.84. The van der Waals surface area contributed by atoms with E-state index >= 15 is 0 Å². The molecule has 1 aromatic rings. The van der Waals surface area contributed by atoms with Gasteiger partial charge in [0, 0.05) is 0 Å². The first-order valence-electron chi connectivity index (χ1n) is 5.98. The van der Waals surface area contributed by atoms with Crippen LogP contribution >= 0.6 is 24.0 Å². The Labute approximate surface area is 119 Å². The molecule has 1 fully saturated rings. The highest BCUT2D eigenvalue weighted by Gasteiger charge is 2.24. The number of amides is 1. The summed E-state index contributed by atoms with van der Waals surface area (Å²) in [5, 5.41) is 3.45. The Morgan fingerprint density at radius 2 is 1.94 bits per heavy atom. The number of benzene rings is 1. The van der Waals surface area contributed by atoms with Crippen LogP contribution in [0.1, 0.15) is 19.8 Å². The van der Waals surface area contributed by atoms with E-state index in [-0.39, 0.29) is 24.4 Å². The van der Waals surface area contributed by atoms with Crippen molar-refractivity contribution in [2.24, 2.45) is 0 Å². The lowest BCUT2D eigenvalue weighted by molar-refractivity contribution is -0.120. The van der Waals surface area contributed by atoms with E-state index in [4.69, 9.17) is 11.6 Å². The van der Waals surface area contributed by atoms with Gasteiger partial charge < -0.3 is 5.32 Å². The molecule has 1 heterocycles. The topological polar surface area (TPSA) is 32.3 Å². The van der Waals surface area contributed by atoms with Gasteiger partial charge in [-0.15, -0.1) is 12.4 Å². The van der Waals surface area contributed by atoms with Crippen molar-refractivity contribution in [2.45, 2.75) is 25.8 Å². The summed E-state index contributed by atoms with van der Waals surface area (Å²) in [5.74, 6) is 0.0139. The molecule has 1 unspecified atom stereocenters. The average molecular weight is 289 g/mol. The number of halogens is 2. The van der Waals surface area contributed by atoms with Gasteiger partial charge in [0.15, 0.2) is 0 Å². The second kappa shape index (κ2) is 6.98. The zero-order valence-electron chi connectivity index (χ0n) is 10.4. The maximum absolute atomic E-state index is 12.0. The molecule has 1 aliphatic rings. The summed E-state index contributed by atoms with van der Waals surface area (Å²) in [6.07, 6.45) is 2.37. The van der Waals surface area contributed by atoms with Crippen molar-refractivity contribution < 1.29 is 4.79 Å². The quantitative estimate of drug-likeness (QED) is 0.927. The maximum Gasteiger partial charge on any atom is 0.241 e. The number of likely N-dealkylation sites (tertiary alicyclic amines) is 1. The summed E-state index contributed by atoms with van der Waals surface area (Å²) >= 11 is 6.00. The molecular formula is C13H18Cl2N2O. The number of para-hydroxylation sites is 1. The van der Waals surface area contributed by atoms with E-state index in [0.717, 1.165) is 13.1 Å². The van der Waals surface area contributed by atoms with Gasteiger partial charge in [0.25, 0.3) is 0 Å². The molecule has 100 valence electrons. The molecule has 1 aliphatic heterocycles. The number of hydrogen-bond donors (Lipinski definition) is 1. The Hall–Kier alpha value is -0.770. The third-order valence-corrected chi connectivity index (χ3v) is 3.53. The lowest BCUT2D eigenvalue weighted by Gasteiger charge is -2.22. The second-order valence-electron chi connectivity index (χ2n) is 4.39. The highest BCUT2D eigenvalue weighted by molar-refractivity contribution is 6.33. The Kier molecular flexibility index (Phi) is 5.93. The van der Waals surface area contributed by atoms with Gasteiger partial charge in [-0.1, -0.05) is 23.7 Å². The number of carbonyl (C=O) groups is 1. The van der Waals surface area contributed by atoms with Crippen molar-refractivity contribution in [3.63, 3.8) is 0 Å². The second-order valence-corrected chi connectivity index (χ2v) is 4.80. The van der Waals surface area contributed by atoms with Crippen molar-refractivity contribution >= 4 is 35.6 Å². The van der Waals surface area contributed by atoms with Crippen LogP contribution < -0.4 is 5.32 Å². The molecule has 18 heavy (non-hydrogen) atoms. The number of nitrogens with zero attached hydrogens (tertiary/aromatic N) is 1. The molecule has 1 saturated heterocycles. The van der Waals surface area contributed by atoms with E-state index in [9.17, 15) is 4.79 Å². The lowest BCUT2D eigenvalue weighted by atomic mass is 10.2. The van der Waals surface area contributed by atoms with Crippen LogP contribution in [0, 0.1) is 0 Å². The number of carbonyl (C=O) groups excluding carboxylic acids is 1. The zero-order chi connectivity index (χ0) is 12.3. The summed E-state index contributed by atoms with van der Waals surface area (Å²) in [6.45, 7) is 3.96. The van der Waals surface area contributed by atoms with Crippen LogP contribution in [-0.4, -0.2) is 29.9 Å². The lowest BCUT2D eigenvalue weighted by Crippen LogP contribution is -2.40. The minimum absolute atomic E-state index is 0. The number of anilines is 1. The number of nitrogens with one attached hydrogen (secondary N) is 1. The largest absolute Gasteiger partial charge is 0.323 e. The molecule has 0 bridgehead atoms. The van der Waals surface area contributed by atoms with Gasteiger partial charge in [-0.25, -0.2) is 0 Å². The molecule has 0 spiro atoms. The fraction of sp³-hybridized carbons (Fsp3) is 0.462. The van der Waals surface area contributed by atoms with Crippen molar-refractivity contribution in [1.29, 1.82) is 0 Å². The molecule has 2 rings (SSSR count). The minimum atomic E-state index is -0.0891. The van der Waals surface area contributed by atoms with E-state index in [1.54, 1.807) is 6.07 Å². The van der Waals surface area contributed by atoms with Gasteiger partial charge >= 0.3 is 0 Å². The Balaban J connectivity index is 0.00000162. The Morgan fingerprint density at radius 3 is 2.56 bits per heavy atom. The summed E-state index contributed by atoms with van der Waals surface area (Å²) in [4.78, 5) is 14.2. The van der Waals surface area contributed by atoms with Crippen molar-refractivity contribution in [1.82, 2.24) is 4.90 Å². The highest BCUT2D eigenvalue weighted by Crippen LogP contribution is 2.21. The van der Waals surface area contributed by atoms with Gasteiger partial charge in [-0.05, 0) is 45.0 Å². The molecule has 1 amide bonds. The molecule has 3 nitrogen and oxygen atoms in total. The molecule has 1 atom stereocenters. The van der Waals surface area contributed by atoms with Crippen LogP contribution in [0.2, 0.25) is 5.02 Å². The first kappa shape index (κ1) is 15.3. The normalized spacial score (nSPS) is 17.0. The van der Waals surface area contributed by atoms with Gasteiger partial charge in [-0.2, -0.15) is 0 Å². The summed E-state index contributed by atoms with van der Waals surface area (Å²) in [7, 11) is 0. The third-order valence-electron chi connectivity index (χ3n) is 3.20. The Morgan fingerprint density at radius 1 is 1.33 bits per heavy atom. The smallest absolute Gasteiger partial charge is 0.241 e. The summed E-state index contributed by atoms with van der Waals surface area (Å²) in [5.41, 5.74) is 0.685. The summed E-state index contributed by atoms with van der Waals surface area (Å²) < 4.78 is 0. The molecule has 1 aromatic carbocycles. The molecule has 5 heteroatoms. The van der Waals surface area contributed by atoms with E-state index in [0.29, 0.717) is 10.7 Å². The first-order valence-corrected chi connectivity index (χ1v) is 6.36. The van der Waals surface area contributed by atoms with E-state index in [1.807, 2.05) is 25.1 Å². The van der Waals surface area contributed by atoms with E-state index in [2.05, 4.69) is 10.2 Å². The first-order chi connectivity index (χ1) is 8.18. The van der Waals surface area contributed by atoms with Crippen LogP contribution in [0.3, 0.4) is 0 Å². The summed E-state index contributed by atoms with van der Waals surface area (Å²) in [6, 6.07) is 7.21. The van der Waals surface area contributed by atoms with Crippen LogP contribution in [-0.2, 0) is 4.79 Å². The number of hydrogen-bond acceptors (Lipinski definition) is 2. The highest BCUT2D eigenvalue weighted by atomic mass is 35.5. The molecule has 0 aromatic heterocycles. The van der Waals surface area contributed by atoms with Gasteiger partial charge in [-0.3, -0.25) is 9.69 Å². The fourth-order valence-electron chi connectivity index (χ4n) is 2.09. The van der Waals surface area contributed by atoms with Gasteiger partial charge in [0.05, 0.1) is 16.8 Å². The van der Waals surface area contributed by atoms with Crippen LogP contribution in [0.4, 0.5) is 5.69 Å². The van der Waals surface area contributed by atoms with E-state index in [1.165, 1.54) is 12.8 Å². The SMILES string of the molecule is CC(C(=O)Nc1ccccc1Cl)N1CCCC1.Cl. The van der Waals surface area contributed by atoms with Crippen molar-refractivity contribution in [3.8, 4) is 0 Å². The Bertz CT molecular complexity index is 406. The van der Waals surface area contributed by atoms with Crippen LogP contribution in [0.15, 0.2) is 24.3 Å². The zero-order valence-corrected chi connectivity index (χ0v) is 11.9. The third kappa shape index (κ3) is 3.61. The van der Waals surface area contributed by atoms with Gasteiger partial charge in [0.1, 0.15) is 0 Å². The molecular weight excluding hydrogens is 271 g/mol. The van der Waals surface area contributed by atoms with E-state index < -0.39 is 0 Å². The fourth-order valence-corrected chi connectivity index (χ4v) is 2.28. The maximum atomic E-state index is 12.0. The predicted molar refractivity (Wildman–Crippen MR) is 77.6 cm³/mol. The number of rotatable bonds is 3. The van der Waals surface area contributed by atoms with Crippen LogP contribution in [0.5, 0.6) is 0 Å². The van der Waals surface area contributed by atoms with Crippen molar-refractivity contribution in [2.75, 3.05) is 18.4 Å². The van der Waals surface area contributed by atoms with Crippen molar-refractivity contribution in [3.05, 3.63) is 29.3 Å². The molecule has 0 saturated carbocycles. The van der Waals surface area contributed by atoms with Crippen LogP contribution in [0.25, 0.3) is 0 Å². The molecule has 0 aliphatic carbocycles.